The zero-order valence-electron chi connectivity index (χ0n) is 10.9. The predicted molar refractivity (Wildman–Crippen MR) is 80.3 cm³/mol. The minimum absolute atomic E-state index is 0.0297. The summed E-state index contributed by atoms with van der Waals surface area (Å²) in [5.41, 5.74) is 10.4. The fraction of sp³-hybridized carbons (Fsp3) is 0.294. The number of benzene rings is 2. The first-order valence-corrected chi connectivity index (χ1v) is 7.20. The molecule has 0 amide bonds. The maximum Gasteiger partial charge on any atom is 0.0453 e. The van der Waals surface area contributed by atoms with Crippen LogP contribution in [0.15, 0.2) is 48.5 Å². The van der Waals surface area contributed by atoms with Crippen molar-refractivity contribution in [3.63, 3.8) is 0 Å². The molecule has 0 saturated carbocycles. The van der Waals surface area contributed by atoms with E-state index in [0.29, 0.717) is 5.92 Å². The SMILES string of the molecule is NC(c1ccccc1Cl)C1CCc2ccccc2C1. The van der Waals surface area contributed by atoms with Crippen molar-refractivity contribution in [3.8, 4) is 0 Å². The van der Waals surface area contributed by atoms with E-state index in [1.54, 1.807) is 0 Å². The zero-order valence-corrected chi connectivity index (χ0v) is 11.6. The van der Waals surface area contributed by atoms with Gasteiger partial charge in [-0.3, -0.25) is 0 Å². The van der Waals surface area contributed by atoms with E-state index in [1.807, 2.05) is 24.3 Å². The van der Waals surface area contributed by atoms with Crippen LogP contribution < -0.4 is 5.73 Å². The van der Waals surface area contributed by atoms with Gasteiger partial charge in [0.25, 0.3) is 0 Å². The number of fused-ring (bicyclic) bond motifs is 1. The Morgan fingerprint density at radius 1 is 1.00 bits per heavy atom. The Morgan fingerprint density at radius 2 is 1.68 bits per heavy atom. The van der Waals surface area contributed by atoms with Crippen LogP contribution in [0.4, 0.5) is 0 Å². The van der Waals surface area contributed by atoms with Crippen molar-refractivity contribution < 1.29 is 0 Å². The Bertz CT molecular complexity index is 579. The van der Waals surface area contributed by atoms with Gasteiger partial charge >= 0.3 is 0 Å². The fourth-order valence-electron chi connectivity index (χ4n) is 3.03. The van der Waals surface area contributed by atoms with Gasteiger partial charge in [-0.15, -0.1) is 0 Å². The molecule has 1 nitrogen and oxygen atoms in total. The van der Waals surface area contributed by atoms with E-state index in [9.17, 15) is 0 Å². The highest BCUT2D eigenvalue weighted by Crippen LogP contribution is 2.35. The summed E-state index contributed by atoms with van der Waals surface area (Å²) < 4.78 is 0. The molecular formula is C17H18ClN. The van der Waals surface area contributed by atoms with Crippen LogP contribution >= 0.6 is 11.6 Å². The molecule has 2 atom stereocenters. The predicted octanol–water partition coefficient (Wildman–Crippen LogP) is 4.14. The van der Waals surface area contributed by atoms with Gasteiger partial charge in [0.05, 0.1) is 0 Å². The molecule has 2 aromatic carbocycles. The first kappa shape index (κ1) is 12.7. The van der Waals surface area contributed by atoms with Crippen LogP contribution in [0.1, 0.15) is 29.2 Å². The molecule has 0 aliphatic heterocycles. The monoisotopic (exact) mass is 271 g/mol. The molecular weight excluding hydrogens is 254 g/mol. The summed E-state index contributed by atoms with van der Waals surface area (Å²) in [5.74, 6) is 0.481. The van der Waals surface area contributed by atoms with Gasteiger partial charge in [-0.05, 0) is 47.9 Å². The molecule has 2 aromatic rings. The first-order chi connectivity index (χ1) is 9.25. The van der Waals surface area contributed by atoms with E-state index in [4.69, 9.17) is 17.3 Å². The normalized spacial score (nSPS) is 19.8. The van der Waals surface area contributed by atoms with Crippen LogP contribution in [0.5, 0.6) is 0 Å². The summed E-state index contributed by atoms with van der Waals surface area (Å²) in [7, 11) is 0. The third-order valence-corrected chi connectivity index (χ3v) is 4.50. The molecule has 0 heterocycles. The van der Waals surface area contributed by atoms with Gasteiger partial charge in [0.2, 0.25) is 0 Å². The quantitative estimate of drug-likeness (QED) is 0.873. The maximum atomic E-state index is 6.44. The van der Waals surface area contributed by atoms with E-state index >= 15 is 0 Å². The van der Waals surface area contributed by atoms with Gasteiger partial charge in [-0.1, -0.05) is 54.1 Å². The molecule has 1 aliphatic carbocycles. The third-order valence-electron chi connectivity index (χ3n) is 4.16. The summed E-state index contributed by atoms with van der Waals surface area (Å²) in [6.45, 7) is 0. The lowest BCUT2D eigenvalue weighted by Crippen LogP contribution is -2.27. The third kappa shape index (κ3) is 2.54. The summed E-state index contributed by atoms with van der Waals surface area (Å²) in [6.07, 6.45) is 3.32. The molecule has 1 aliphatic rings. The van der Waals surface area contributed by atoms with Crippen molar-refractivity contribution in [1.29, 1.82) is 0 Å². The Hall–Kier alpha value is -1.31. The number of nitrogens with two attached hydrogens (primary N) is 1. The van der Waals surface area contributed by atoms with Crippen molar-refractivity contribution >= 4 is 11.6 Å². The van der Waals surface area contributed by atoms with Crippen LogP contribution in [0.2, 0.25) is 5.02 Å². The van der Waals surface area contributed by atoms with Gasteiger partial charge < -0.3 is 5.73 Å². The lowest BCUT2D eigenvalue weighted by Gasteiger charge is -2.30. The molecule has 2 heteroatoms. The second-order valence-corrected chi connectivity index (χ2v) is 5.73. The standard InChI is InChI=1S/C17H18ClN/c18-16-8-4-3-7-15(16)17(19)14-10-9-12-5-1-2-6-13(12)11-14/h1-8,14,17H,9-11,19H2. The highest BCUT2D eigenvalue weighted by atomic mass is 35.5. The van der Waals surface area contributed by atoms with E-state index in [-0.39, 0.29) is 6.04 Å². The van der Waals surface area contributed by atoms with E-state index in [1.165, 1.54) is 11.1 Å². The van der Waals surface area contributed by atoms with Crippen molar-refractivity contribution in [2.75, 3.05) is 0 Å². The summed E-state index contributed by atoms with van der Waals surface area (Å²) in [6, 6.07) is 16.7. The molecule has 2 unspecified atom stereocenters. The summed E-state index contributed by atoms with van der Waals surface area (Å²) >= 11 is 6.26. The second-order valence-electron chi connectivity index (χ2n) is 5.32. The van der Waals surface area contributed by atoms with Gasteiger partial charge in [-0.2, -0.15) is 0 Å². The maximum absolute atomic E-state index is 6.44. The molecule has 0 bridgehead atoms. The van der Waals surface area contributed by atoms with Gasteiger partial charge in [0.1, 0.15) is 0 Å². The van der Waals surface area contributed by atoms with Crippen LogP contribution in [-0.4, -0.2) is 0 Å². The smallest absolute Gasteiger partial charge is 0.0453 e. The largest absolute Gasteiger partial charge is 0.324 e. The zero-order chi connectivity index (χ0) is 13.2. The average Bonchev–Trinajstić information content (AvgIpc) is 2.46. The van der Waals surface area contributed by atoms with Gasteiger partial charge in [0.15, 0.2) is 0 Å². The highest BCUT2D eigenvalue weighted by molar-refractivity contribution is 6.31. The molecule has 98 valence electrons. The van der Waals surface area contributed by atoms with Crippen LogP contribution in [0.3, 0.4) is 0 Å². The van der Waals surface area contributed by atoms with Crippen LogP contribution in [0.25, 0.3) is 0 Å². The first-order valence-electron chi connectivity index (χ1n) is 6.82. The number of hydrogen-bond donors (Lipinski definition) is 1. The molecule has 0 aromatic heterocycles. The molecule has 19 heavy (non-hydrogen) atoms. The lowest BCUT2D eigenvalue weighted by atomic mass is 9.78. The number of rotatable bonds is 2. The topological polar surface area (TPSA) is 26.0 Å². The Labute approximate surface area is 119 Å². The average molecular weight is 272 g/mol. The molecule has 3 rings (SSSR count). The molecule has 0 saturated heterocycles. The van der Waals surface area contributed by atoms with E-state index in [2.05, 4.69) is 24.3 Å². The minimum Gasteiger partial charge on any atom is -0.324 e. The summed E-state index contributed by atoms with van der Waals surface area (Å²) in [4.78, 5) is 0. The number of halogens is 1. The second kappa shape index (κ2) is 5.36. The molecule has 0 radical (unpaired) electrons. The minimum atomic E-state index is 0.0297. The Kier molecular flexibility index (Phi) is 3.58. The van der Waals surface area contributed by atoms with Crippen molar-refractivity contribution in [1.82, 2.24) is 0 Å². The van der Waals surface area contributed by atoms with E-state index < -0.39 is 0 Å². The van der Waals surface area contributed by atoms with Crippen LogP contribution in [0, 0.1) is 5.92 Å². The molecule has 0 fully saturated rings. The van der Waals surface area contributed by atoms with Gasteiger partial charge in [0, 0.05) is 11.1 Å². The lowest BCUT2D eigenvalue weighted by molar-refractivity contribution is 0.382. The van der Waals surface area contributed by atoms with Crippen molar-refractivity contribution in [2.24, 2.45) is 11.7 Å². The Balaban J connectivity index is 1.83. The Morgan fingerprint density at radius 3 is 2.47 bits per heavy atom. The van der Waals surface area contributed by atoms with Crippen molar-refractivity contribution in [2.45, 2.75) is 25.3 Å². The summed E-state index contributed by atoms with van der Waals surface area (Å²) in [5, 5.41) is 0.786. The molecule has 0 spiro atoms. The van der Waals surface area contributed by atoms with E-state index in [0.717, 1.165) is 29.8 Å². The molecule has 2 N–H and O–H groups in total. The number of aryl methyl sites for hydroxylation is 1. The van der Waals surface area contributed by atoms with Gasteiger partial charge in [-0.25, -0.2) is 0 Å². The fourth-order valence-corrected chi connectivity index (χ4v) is 3.29. The van der Waals surface area contributed by atoms with Crippen LogP contribution in [-0.2, 0) is 12.8 Å². The highest BCUT2D eigenvalue weighted by Gasteiger charge is 2.25. The number of hydrogen-bond acceptors (Lipinski definition) is 1. The van der Waals surface area contributed by atoms with Crippen molar-refractivity contribution in [3.05, 3.63) is 70.2 Å².